The number of carbonyl (C=O) groups excluding carboxylic acids is 2. The number of esters is 1. The van der Waals surface area contributed by atoms with Crippen molar-refractivity contribution in [2.45, 2.75) is 136 Å². The predicted octanol–water partition coefficient (Wildman–Crippen LogP) is 7.18. The van der Waals surface area contributed by atoms with Gasteiger partial charge in [0.1, 0.15) is 11.9 Å². The number of fused-ring (bicyclic) bond motifs is 5. The Kier molecular flexibility index (Phi) is 8.51. The van der Waals surface area contributed by atoms with Gasteiger partial charge in [-0.1, -0.05) is 70.9 Å². The number of unbranched alkanes of at least 4 members (excludes halogenated alkanes) is 6. The zero-order chi connectivity index (χ0) is 25.2. The van der Waals surface area contributed by atoms with Crippen molar-refractivity contribution in [1.82, 2.24) is 0 Å². The van der Waals surface area contributed by atoms with Crippen molar-refractivity contribution >= 4 is 11.8 Å². The molecule has 35 heavy (non-hydrogen) atoms. The molecule has 4 rings (SSSR count). The molecule has 0 radical (unpaired) electrons. The smallest absolute Gasteiger partial charge is 0.306 e. The number of allylic oxidation sites excluding steroid dienone is 1. The molecule has 0 bridgehead atoms. The number of hydrogen-bond donors (Lipinski definition) is 1. The van der Waals surface area contributed by atoms with Gasteiger partial charge in [0, 0.05) is 24.2 Å². The van der Waals surface area contributed by atoms with E-state index in [-0.39, 0.29) is 28.8 Å². The molecule has 0 spiro atoms. The fraction of sp³-hybridized carbons (Fsp3) is 0.871. The summed E-state index contributed by atoms with van der Waals surface area (Å²) in [7, 11) is 0. The molecule has 4 aliphatic carbocycles. The number of ketones is 1. The van der Waals surface area contributed by atoms with Gasteiger partial charge in [-0.05, 0) is 75.0 Å². The van der Waals surface area contributed by atoms with Crippen LogP contribution in [0.25, 0.3) is 0 Å². The van der Waals surface area contributed by atoms with Gasteiger partial charge in [0.25, 0.3) is 0 Å². The van der Waals surface area contributed by atoms with Crippen LogP contribution in [0, 0.1) is 34.5 Å². The average Bonchev–Trinajstić information content (AvgIpc) is 3.17. The minimum Gasteiger partial charge on any atom is -0.461 e. The quantitative estimate of drug-likeness (QED) is 0.202. The van der Waals surface area contributed by atoms with E-state index in [4.69, 9.17) is 4.74 Å². The molecule has 0 aromatic rings. The first-order valence-corrected chi connectivity index (χ1v) is 14.8. The molecule has 0 aromatic heterocycles. The Morgan fingerprint density at radius 3 is 2.46 bits per heavy atom. The largest absolute Gasteiger partial charge is 0.461 e. The summed E-state index contributed by atoms with van der Waals surface area (Å²) in [6.07, 6.45) is 17.2. The SMILES string of the molecule is CCCCCCCCCC(=O)OC1C[C@@H](O)CC2=CCC3C(CC[C@@]4(C)C3CC[C@@H]4C(C)=O)[C@]21C. The number of carbonyl (C=O) groups is 2. The third kappa shape index (κ3) is 5.15. The first-order chi connectivity index (χ1) is 16.7. The van der Waals surface area contributed by atoms with Crippen LogP contribution in [-0.2, 0) is 14.3 Å². The Hall–Kier alpha value is -1.16. The first kappa shape index (κ1) is 26.9. The third-order valence-electron chi connectivity index (χ3n) is 10.9. The van der Waals surface area contributed by atoms with E-state index in [1.165, 1.54) is 37.7 Å². The number of rotatable bonds is 10. The predicted molar refractivity (Wildman–Crippen MR) is 140 cm³/mol. The molecule has 0 aliphatic heterocycles. The van der Waals surface area contributed by atoms with Gasteiger partial charge in [-0.2, -0.15) is 0 Å². The maximum atomic E-state index is 12.9. The average molecular weight is 487 g/mol. The van der Waals surface area contributed by atoms with E-state index < -0.39 is 6.10 Å². The van der Waals surface area contributed by atoms with E-state index >= 15 is 0 Å². The Morgan fingerprint density at radius 1 is 1.03 bits per heavy atom. The van der Waals surface area contributed by atoms with Crippen LogP contribution in [-0.4, -0.2) is 29.1 Å². The summed E-state index contributed by atoms with van der Waals surface area (Å²) in [4.78, 5) is 25.4. The summed E-state index contributed by atoms with van der Waals surface area (Å²) < 4.78 is 6.23. The van der Waals surface area contributed by atoms with Gasteiger partial charge in [0.2, 0.25) is 0 Å². The van der Waals surface area contributed by atoms with E-state index in [1.807, 2.05) is 0 Å². The molecule has 8 atom stereocenters. The molecule has 0 amide bonds. The molecule has 4 aliphatic rings. The van der Waals surface area contributed by atoms with E-state index in [0.29, 0.717) is 42.8 Å². The van der Waals surface area contributed by atoms with Crippen LogP contribution in [0.1, 0.15) is 124 Å². The molecule has 0 heterocycles. The number of aliphatic hydroxyl groups excluding tert-OH is 1. The Balaban J connectivity index is 1.43. The van der Waals surface area contributed by atoms with Gasteiger partial charge in [-0.25, -0.2) is 0 Å². The summed E-state index contributed by atoms with van der Waals surface area (Å²) in [5.41, 5.74) is 1.25. The van der Waals surface area contributed by atoms with Gasteiger partial charge >= 0.3 is 5.97 Å². The minimum absolute atomic E-state index is 0.0847. The van der Waals surface area contributed by atoms with Crippen LogP contribution in [0.4, 0.5) is 0 Å². The molecule has 1 N–H and O–H groups in total. The Morgan fingerprint density at radius 2 is 1.74 bits per heavy atom. The van der Waals surface area contributed by atoms with E-state index in [2.05, 4.69) is 26.8 Å². The van der Waals surface area contributed by atoms with Gasteiger partial charge < -0.3 is 9.84 Å². The second-order valence-corrected chi connectivity index (χ2v) is 12.9. The van der Waals surface area contributed by atoms with Crippen molar-refractivity contribution in [3.63, 3.8) is 0 Å². The lowest BCUT2D eigenvalue weighted by molar-refractivity contribution is -0.169. The van der Waals surface area contributed by atoms with Crippen molar-refractivity contribution in [3.8, 4) is 0 Å². The second-order valence-electron chi connectivity index (χ2n) is 12.9. The molecule has 4 nitrogen and oxygen atoms in total. The molecule has 4 heteroatoms. The van der Waals surface area contributed by atoms with Gasteiger partial charge in [-0.3, -0.25) is 9.59 Å². The van der Waals surface area contributed by atoms with Gasteiger partial charge in [-0.15, -0.1) is 0 Å². The molecule has 0 aromatic carbocycles. The van der Waals surface area contributed by atoms with E-state index in [1.54, 1.807) is 6.92 Å². The van der Waals surface area contributed by atoms with Gasteiger partial charge in [0.15, 0.2) is 0 Å². The summed E-state index contributed by atoms with van der Waals surface area (Å²) >= 11 is 0. The van der Waals surface area contributed by atoms with E-state index in [9.17, 15) is 14.7 Å². The number of hydrogen-bond acceptors (Lipinski definition) is 4. The van der Waals surface area contributed by atoms with Crippen molar-refractivity contribution < 1.29 is 19.4 Å². The summed E-state index contributed by atoms with van der Waals surface area (Å²) in [5.74, 6) is 2.07. The van der Waals surface area contributed by atoms with Crippen LogP contribution in [0.5, 0.6) is 0 Å². The zero-order valence-electron chi connectivity index (χ0n) is 22.8. The van der Waals surface area contributed by atoms with Crippen molar-refractivity contribution in [1.29, 1.82) is 0 Å². The van der Waals surface area contributed by atoms with E-state index in [0.717, 1.165) is 44.9 Å². The standard InChI is InChI=1S/C31H50O4/c1-5-6-7-8-9-10-11-12-29(34)35-28-20-23(33)19-22-13-14-24-26-16-15-25(21(2)32)30(26,3)18-17-27(24)31(22,28)4/h13,23-28,33H,5-12,14-20H2,1-4H3/t23-,24?,25+,26?,27?,28?,30+,31-/m0/s1. The topological polar surface area (TPSA) is 63.6 Å². The summed E-state index contributed by atoms with van der Waals surface area (Å²) in [6, 6.07) is 0. The highest BCUT2D eigenvalue weighted by Gasteiger charge is 2.61. The Bertz CT molecular complexity index is 802. The maximum absolute atomic E-state index is 12.9. The van der Waals surface area contributed by atoms with Crippen LogP contribution in [0.2, 0.25) is 0 Å². The molecular weight excluding hydrogens is 436 g/mol. The number of ether oxygens (including phenoxy) is 1. The highest BCUT2D eigenvalue weighted by molar-refractivity contribution is 5.79. The third-order valence-corrected chi connectivity index (χ3v) is 10.9. The van der Waals surface area contributed by atoms with Gasteiger partial charge in [0.05, 0.1) is 6.10 Å². The summed E-state index contributed by atoms with van der Waals surface area (Å²) in [6.45, 7) is 8.72. The minimum atomic E-state index is -0.426. The Labute approximate surface area is 213 Å². The first-order valence-electron chi connectivity index (χ1n) is 14.8. The fourth-order valence-electron chi connectivity index (χ4n) is 8.96. The van der Waals surface area contributed by atoms with Crippen LogP contribution in [0.3, 0.4) is 0 Å². The number of aliphatic hydroxyl groups is 1. The monoisotopic (exact) mass is 486 g/mol. The lowest BCUT2D eigenvalue weighted by Gasteiger charge is -2.59. The van der Waals surface area contributed by atoms with Crippen LogP contribution in [0.15, 0.2) is 11.6 Å². The lowest BCUT2D eigenvalue weighted by atomic mass is 9.46. The molecule has 0 saturated heterocycles. The number of Topliss-reactive ketones (excluding diaryl/α,β-unsaturated/α-hetero) is 1. The molecule has 198 valence electrons. The molecule has 3 fully saturated rings. The highest BCUT2D eigenvalue weighted by Crippen LogP contribution is 2.66. The molecule has 3 saturated carbocycles. The lowest BCUT2D eigenvalue weighted by Crippen LogP contribution is -2.56. The van der Waals surface area contributed by atoms with Crippen LogP contribution < -0.4 is 0 Å². The van der Waals surface area contributed by atoms with Crippen LogP contribution >= 0.6 is 0 Å². The van der Waals surface area contributed by atoms with Crippen molar-refractivity contribution in [2.75, 3.05) is 0 Å². The van der Waals surface area contributed by atoms with Crippen molar-refractivity contribution in [3.05, 3.63) is 11.6 Å². The fourth-order valence-corrected chi connectivity index (χ4v) is 8.96. The van der Waals surface area contributed by atoms with Crippen molar-refractivity contribution in [2.24, 2.45) is 34.5 Å². The molecule has 4 unspecified atom stereocenters. The second kappa shape index (κ2) is 11.1. The highest BCUT2D eigenvalue weighted by atomic mass is 16.5. The zero-order valence-corrected chi connectivity index (χ0v) is 22.8. The molecular formula is C31H50O4. The summed E-state index contributed by atoms with van der Waals surface area (Å²) in [5, 5.41) is 10.7. The normalized spacial score (nSPS) is 40.3. The maximum Gasteiger partial charge on any atom is 0.306 e.